The van der Waals surface area contributed by atoms with Gasteiger partial charge in [0.2, 0.25) is 0 Å². The molecule has 0 bridgehead atoms. The Kier molecular flexibility index (Phi) is 6.01. The number of hydrogen-bond donors (Lipinski definition) is 2. The number of nitrogens with zero attached hydrogens (tertiary/aromatic N) is 4. The molecule has 0 spiro atoms. The van der Waals surface area contributed by atoms with Crippen LogP contribution in [-0.4, -0.2) is 74.4 Å². The molecule has 2 fully saturated rings. The van der Waals surface area contributed by atoms with Gasteiger partial charge in [0, 0.05) is 62.3 Å². The van der Waals surface area contributed by atoms with Crippen LogP contribution < -0.4 is 0 Å². The molecule has 1 aromatic heterocycles. The second-order valence-corrected chi connectivity index (χ2v) is 8.21. The van der Waals surface area contributed by atoms with E-state index in [4.69, 9.17) is 0 Å². The molecule has 4 rings (SSSR count). The molecule has 0 aliphatic carbocycles. The molecule has 3 heterocycles. The van der Waals surface area contributed by atoms with Gasteiger partial charge in [-0.05, 0) is 32.3 Å². The highest BCUT2D eigenvalue weighted by Crippen LogP contribution is 2.23. The van der Waals surface area contributed by atoms with Crippen molar-refractivity contribution in [3.05, 3.63) is 47.8 Å². The van der Waals surface area contributed by atoms with E-state index in [0.29, 0.717) is 6.54 Å². The maximum absolute atomic E-state index is 10.7. The van der Waals surface area contributed by atoms with E-state index in [1.54, 1.807) is 0 Å². The lowest BCUT2D eigenvalue weighted by Gasteiger charge is -2.43. The predicted molar refractivity (Wildman–Crippen MR) is 109 cm³/mol. The number of aryl methyl sites for hydroxylation is 1. The van der Waals surface area contributed by atoms with E-state index < -0.39 is 0 Å². The van der Waals surface area contributed by atoms with Gasteiger partial charge in [-0.1, -0.05) is 23.8 Å². The van der Waals surface area contributed by atoms with Crippen LogP contribution in [0.4, 0.5) is 0 Å². The SMILES string of the molecule is Cc1cccc(-c2ncc(CN3CC[C@@H](N4CCC(O)CC4)[C@H](O)C3)cn2)c1. The van der Waals surface area contributed by atoms with Crippen molar-refractivity contribution < 1.29 is 10.2 Å². The molecule has 2 aliphatic rings. The minimum atomic E-state index is -0.350. The molecule has 1 aromatic carbocycles. The zero-order valence-corrected chi connectivity index (χ0v) is 16.5. The number of aliphatic hydroxyl groups excluding tert-OH is 2. The Hall–Kier alpha value is -1.86. The van der Waals surface area contributed by atoms with Crippen LogP contribution in [0.25, 0.3) is 11.4 Å². The van der Waals surface area contributed by atoms with Crippen LogP contribution in [0.3, 0.4) is 0 Å². The first kappa shape index (κ1) is 19.5. The van der Waals surface area contributed by atoms with E-state index in [1.165, 1.54) is 5.56 Å². The molecule has 0 unspecified atom stereocenters. The molecule has 6 heteroatoms. The zero-order chi connectivity index (χ0) is 19.5. The lowest BCUT2D eigenvalue weighted by atomic mass is 9.96. The molecule has 2 aliphatic heterocycles. The predicted octanol–water partition coefficient (Wildman–Crippen LogP) is 1.84. The summed E-state index contributed by atoms with van der Waals surface area (Å²) >= 11 is 0. The number of aromatic nitrogens is 2. The average Bonchev–Trinajstić information content (AvgIpc) is 2.70. The minimum absolute atomic E-state index is 0.170. The standard InChI is InChI=1S/C22H30N4O2/c1-16-3-2-4-18(11-16)22-23-12-17(13-24-22)14-25-8-7-20(21(28)15-25)26-9-5-19(27)6-10-26/h2-4,11-13,19-21,27-28H,5-10,14-15H2,1H3/t20-,21-/m1/s1. The van der Waals surface area contributed by atoms with Gasteiger partial charge in [-0.25, -0.2) is 9.97 Å². The first-order valence-corrected chi connectivity index (χ1v) is 10.3. The number of hydrogen-bond acceptors (Lipinski definition) is 6. The van der Waals surface area contributed by atoms with Crippen molar-refractivity contribution in [2.45, 2.75) is 51.0 Å². The maximum Gasteiger partial charge on any atom is 0.159 e. The Morgan fingerprint density at radius 2 is 1.79 bits per heavy atom. The molecule has 2 aromatic rings. The number of benzene rings is 1. The molecular formula is C22H30N4O2. The van der Waals surface area contributed by atoms with Crippen LogP contribution >= 0.6 is 0 Å². The van der Waals surface area contributed by atoms with Crippen LogP contribution in [-0.2, 0) is 6.54 Å². The molecule has 28 heavy (non-hydrogen) atoms. The van der Waals surface area contributed by atoms with Crippen molar-refractivity contribution in [3.8, 4) is 11.4 Å². The van der Waals surface area contributed by atoms with E-state index >= 15 is 0 Å². The summed E-state index contributed by atoms with van der Waals surface area (Å²) in [6.07, 6.45) is 5.87. The third-order valence-electron chi connectivity index (χ3n) is 5.99. The fraction of sp³-hybridized carbons (Fsp3) is 0.545. The largest absolute Gasteiger partial charge is 0.393 e. The van der Waals surface area contributed by atoms with Crippen LogP contribution in [0.1, 0.15) is 30.4 Å². The Balaban J connectivity index is 1.33. The van der Waals surface area contributed by atoms with Gasteiger partial charge >= 0.3 is 0 Å². The summed E-state index contributed by atoms with van der Waals surface area (Å²) < 4.78 is 0. The van der Waals surface area contributed by atoms with E-state index in [2.05, 4.69) is 38.8 Å². The minimum Gasteiger partial charge on any atom is -0.393 e. The third kappa shape index (κ3) is 4.58. The quantitative estimate of drug-likeness (QED) is 0.841. The number of piperidine rings is 2. The molecular weight excluding hydrogens is 352 g/mol. The molecule has 2 atom stereocenters. The van der Waals surface area contributed by atoms with E-state index in [1.807, 2.05) is 24.5 Å². The summed E-state index contributed by atoms with van der Waals surface area (Å²) in [7, 11) is 0. The number of likely N-dealkylation sites (tertiary alicyclic amines) is 2. The molecule has 0 saturated carbocycles. The van der Waals surface area contributed by atoms with E-state index in [-0.39, 0.29) is 18.2 Å². The lowest BCUT2D eigenvalue weighted by molar-refractivity contribution is -0.0355. The first-order valence-electron chi connectivity index (χ1n) is 10.3. The highest BCUT2D eigenvalue weighted by Gasteiger charge is 2.33. The Morgan fingerprint density at radius 3 is 2.46 bits per heavy atom. The molecule has 2 saturated heterocycles. The molecule has 150 valence electrons. The van der Waals surface area contributed by atoms with Crippen molar-refractivity contribution in [1.29, 1.82) is 0 Å². The molecule has 0 radical (unpaired) electrons. The van der Waals surface area contributed by atoms with Gasteiger partial charge in [0.25, 0.3) is 0 Å². The number of β-amino-alcohol motifs (C(OH)–C–C–N with tert-alkyl or cyclic N) is 1. The molecule has 0 amide bonds. The fourth-order valence-electron chi connectivity index (χ4n) is 4.40. The first-order chi connectivity index (χ1) is 13.6. The monoisotopic (exact) mass is 382 g/mol. The third-order valence-corrected chi connectivity index (χ3v) is 5.99. The van der Waals surface area contributed by atoms with Gasteiger partial charge in [-0.15, -0.1) is 0 Å². The summed E-state index contributed by atoms with van der Waals surface area (Å²) in [6.45, 7) is 6.23. The fourth-order valence-corrected chi connectivity index (χ4v) is 4.40. The Morgan fingerprint density at radius 1 is 1.04 bits per heavy atom. The highest BCUT2D eigenvalue weighted by atomic mass is 16.3. The average molecular weight is 383 g/mol. The van der Waals surface area contributed by atoms with Crippen molar-refractivity contribution in [3.63, 3.8) is 0 Å². The summed E-state index contributed by atoms with van der Waals surface area (Å²) in [4.78, 5) is 13.7. The Labute approximate surface area is 166 Å². The summed E-state index contributed by atoms with van der Waals surface area (Å²) in [5, 5.41) is 20.4. The van der Waals surface area contributed by atoms with Crippen molar-refractivity contribution in [2.75, 3.05) is 26.2 Å². The van der Waals surface area contributed by atoms with Crippen molar-refractivity contribution in [2.24, 2.45) is 0 Å². The Bertz CT molecular complexity index is 774. The number of rotatable bonds is 4. The number of aliphatic hydroxyl groups is 2. The zero-order valence-electron chi connectivity index (χ0n) is 16.5. The van der Waals surface area contributed by atoms with Crippen LogP contribution in [0.15, 0.2) is 36.7 Å². The van der Waals surface area contributed by atoms with Gasteiger partial charge in [-0.2, -0.15) is 0 Å². The summed E-state index contributed by atoms with van der Waals surface area (Å²) in [6, 6.07) is 8.43. The van der Waals surface area contributed by atoms with Crippen LogP contribution in [0, 0.1) is 6.92 Å². The summed E-state index contributed by atoms with van der Waals surface area (Å²) in [5.41, 5.74) is 3.31. The maximum atomic E-state index is 10.7. The van der Waals surface area contributed by atoms with E-state index in [9.17, 15) is 10.2 Å². The molecule has 2 N–H and O–H groups in total. The van der Waals surface area contributed by atoms with Gasteiger partial charge in [-0.3, -0.25) is 9.80 Å². The highest BCUT2D eigenvalue weighted by molar-refractivity contribution is 5.55. The molecule has 6 nitrogen and oxygen atoms in total. The topological polar surface area (TPSA) is 72.7 Å². The smallest absolute Gasteiger partial charge is 0.159 e. The van der Waals surface area contributed by atoms with Crippen LogP contribution in [0.5, 0.6) is 0 Å². The summed E-state index contributed by atoms with van der Waals surface area (Å²) in [5.74, 6) is 0.749. The second kappa shape index (κ2) is 8.66. The van der Waals surface area contributed by atoms with Crippen molar-refractivity contribution in [1.82, 2.24) is 19.8 Å². The van der Waals surface area contributed by atoms with Gasteiger partial charge < -0.3 is 10.2 Å². The van der Waals surface area contributed by atoms with Crippen LogP contribution in [0.2, 0.25) is 0 Å². The second-order valence-electron chi connectivity index (χ2n) is 8.21. The van der Waals surface area contributed by atoms with Gasteiger partial charge in [0.05, 0.1) is 12.2 Å². The van der Waals surface area contributed by atoms with E-state index in [0.717, 1.165) is 62.4 Å². The normalized spacial score (nSPS) is 25.1. The van der Waals surface area contributed by atoms with Crippen molar-refractivity contribution >= 4 is 0 Å². The van der Waals surface area contributed by atoms with Gasteiger partial charge in [0.1, 0.15) is 0 Å². The lowest BCUT2D eigenvalue weighted by Crippen LogP contribution is -2.55. The van der Waals surface area contributed by atoms with Gasteiger partial charge in [0.15, 0.2) is 5.82 Å².